The fourth-order valence-corrected chi connectivity index (χ4v) is 5.68. The van der Waals surface area contributed by atoms with Gasteiger partial charge in [-0.05, 0) is 60.7 Å². The van der Waals surface area contributed by atoms with Gasteiger partial charge in [-0.1, -0.05) is 23.4 Å². The van der Waals surface area contributed by atoms with Gasteiger partial charge in [0, 0.05) is 24.8 Å². The molecule has 174 valence electrons. The van der Waals surface area contributed by atoms with Crippen molar-refractivity contribution >= 4 is 39.3 Å². The monoisotopic (exact) mass is 544 g/mol. The van der Waals surface area contributed by atoms with Gasteiger partial charge in [0.05, 0.1) is 19.4 Å². The van der Waals surface area contributed by atoms with Gasteiger partial charge in [0.2, 0.25) is 11.7 Å². The zero-order valence-electron chi connectivity index (χ0n) is 17.9. The second-order valence-electron chi connectivity index (χ2n) is 8.24. The third-order valence-electron chi connectivity index (χ3n) is 6.39. The quantitative estimate of drug-likeness (QED) is 0.292. The average Bonchev–Trinajstić information content (AvgIpc) is 3.50. The van der Waals surface area contributed by atoms with Gasteiger partial charge in [0.25, 0.3) is 0 Å². The van der Waals surface area contributed by atoms with Crippen LogP contribution in [-0.4, -0.2) is 51.6 Å². The van der Waals surface area contributed by atoms with Gasteiger partial charge in [-0.2, -0.15) is 10.1 Å². The summed E-state index contributed by atoms with van der Waals surface area (Å²) in [5, 5.41) is 5.50. The molecule has 2 unspecified atom stereocenters. The fourth-order valence-electron chi connectivity index (χ4n) is 4.85. The molecule has 32 heavy (non-hydrogen) atoms. The molecule has 0 aromatic carbocycles. The summed E-state index contributed by atoms with van der Waals surface area (Å²) in [6, 6.07) is 0. The Morgan fingerprint density at radius 2 is 1.97 bits per heavy atom. The molecule has 1 aliphatic carbocycles. The van der Waals surface area contributed by atoms with Crippen molar-refractivity contribution in [3.63, 3.8) is 0 Å². The molecule has 2 aromatic heterocycles. The molecular weight excluding hydrogens is 520 g/mol. The Morgan fingerprint density at radius 1 is 1.16 bits per heavy atom. The van der Waals surface area contributed by atoms with Crippen LogP contribution in [0.5, 0.6) is 5.88 Å². The van der Waals surface area contributed by atoms with Crippen molar-refractivity contribution in [2.75, 3.05) is 26.1 Å². The number of halogens is 2. The Hall–Kier alpha value is -0.910. The van der Waals surface area contributed by atoms with Crippen LogP contribution >= 0.6 is 39.3 Å². The number of thioether (sulfide) groups is 1. The van der Waals surface area contributed by atoms with E-state index in [0.717, 1.165) is 50.7 Å². The summed E-state index contributed by atoms with van der Waals surface area (Å²) >= 11 is 11.3. The minimum absolute atomic E-state index is 0.0668. The summed E-state index contributed by atoms with van der Waals surface area (Å²) in [6.07, 6.45) is 12.2. The van der Waals surface area contributed by atoms with Crippen molar-refractivity contribution in [1.82, 2.24) is 19.7 Å². The second-order valence-corrected chi connectivity index (χ2v) is 10.2. The van der Waals surface area contributed by atoms with E-state index in [4.69, 9.17) is 30.5 Å². The second kappa shape index (κ2) is 9.38. The Balaban J connectivity index is 1.59. The third kappa shape index (κ3) is 3.96. The molecule has 3 aliphatic rings. The normalized spacial score (nSPS) is 27.7. The SMILES string of the molecule is CSc1nc(Cl)c(Br)c(OC2(c3cnn(C4CCCCO4)c3)CCCCC23OCCO3)n1. The van der Waals surface area contributed by atoms with Crippen molar-refractivity contribution in [1.29, 1.82) is 0 Å². The van der Waals surface area contributed by atoms with Crippen LogP contribution in [-0.2, 0) is 19.8 Å². The van der Waals surface area contributed by atoms with E-state index in [1.165, 1.54) is 11.8 Å². The molecule has 3 fully saturated rings. The number of hydrogen-bond acceptors (Lipinski definition) is 8. The third-order valence-corrected chi connectivity index (χ3v) is 8.15. The Bertz CT molecular complexity index is 967. The first-order valence-electron chi connectivity index (χ1n) is 11.0. The highest BCUT2D eigenvalue weighted by atomic mass is 79.9. The summed E-state index contributed by atoms with van der Waals surface area (Å²) in [7, 11) is 0. The first-order chi connectivity index (χ1) is 15.6. The van der Waals surface area contributed by atoms with E-state index in [2.05, 4.69) is 31.0 Å². The Labute approximate surface area is 204 Å². The minimum Gasteiger partial charge on any atom is -0.459 e. The van der Waals surface area contributed by atoms with Crippen LogP contribution in [0.1, 0.15) is 56.7 Å². The van der Waals surface area contributed by atoms with Crippen LogP contribution in [0.25, 0.3) is 0 Å². The smallest absolute Gasteiger partial charge is 0.234 e. The summed E-state index contributed by atoms with van der Waals surface area (Å²) in [4.78, 5) is 8.89. The predicted molar refractivity (Wildman–Crippen MR) is 123 cm³/mol. The predicted octanol–water partition coefficient (Wildman–Crippen LogP) is 5.10. The van der Waals surface area contributed by atoms with E-state index in [9.17, 15) is 0 Å². The van der Waals surface area contributed by atoms with Crippen molar-refractivity contribution in [3.8, 4) is 5.88 Å². The maximum Gasteiger partial charge on any atom is 0.234 e. The molecule has 0 N–H and O–H groups in total. The number of aromatic nitrogens is 4. The standard InChI is InChI=1S/C21H26BrClN4O4S/c1-32-19-25-17(23)16(22)18(26-19)31-20(7-3-4-8-21(20)29-10-11-30-21)14-12-24-27(13-14)15-6-2-5-9-28-15/h12-13,15H,2-11H2,1H3. The van der Waals surface area contributed by atoms with Gasteiger partial charge in [-0.25, -0.2) is 9.67 Å². The highest BCUT2D eigenvalue weighted by Gasteiger charge is 2.61. The van der Waals surface area contributed by atoms with Crippen LogP contribution in [0.15, 0.2) is 22.0 Å². The molecule has 2 saturated heterocycles. The molecule has 1 saturated carbocycles. The Morgan fingerprint density at radius 3 is 2.72 bits per heavy atom. The highest BCUT2D eigenvalue weighted by molar-refractivity contribution is 9.10. The molecule has 1 spiro atoms. The van der Waals surface area contributed by atoms with E-state index in [0.29, 0.717) is 40.3 Å². The molecule has 0 amide bonds. The molecular formula is C21H26BrClN4O4S. The minimum atomic E-state index is -0.926. The molecule has 0 bridgehead atoms. The van der Waals surface area contributed by atoms with Gasteiger partial charge in [0.15, 0.2) is 15.9 Å². The molecule has 4 heterocycles. The number of rotatable bonds is 5. The van der Waals surface area contributed by atoms with Gasteiger partial charge in [0.1, 0.15) is 10.7 Å². The summed E-state index contributed by atoms with van der Waals surface area (Å²) in [5.41, 5.74) is -0.0366. The van der Waals surface area contributed by atoms with E-state index in [-0.39, 0.29) is 6.23 Å². The number of nitrogens with zero attached hydrogens (tertiary/aromatic N) is 4. The topological polar surface area (TPSA) is 80.5 Å². The van der Waals surface area contributed by atoms with Crippen LogP contribution in [0.2, 0.25) is 5.15 Å². The lowest BCUT2D eigenvalue weighted by molar-refractivity contribution is -0.283. The van der Waals surface area contributed by atoms with Crippen LogP contribution in [0, 0.1) is 0 Å². The molecule has 2 aromatic rings. The largest absolute Gasteiger partial charge is 0.459 e. The zero-order valence-corrected chi connectivity index (χ0v) is 21.0. The molecule has 2 atom stereocenters. The molecule has 11 heteroatoms. The fraction of sp³-hybridized carbons (Fsp3) is 0.667. The lowest BCUT2D eigenvalue weighted by Gasteiger charge is -2.48. The van der Waals surface area contributed by atoms with Crippen LogP contribution in [0.3, 0.4) is 0 Å². The lowest BCUT2D eigenvalue weighted by Crippen LogP contribution is -2.58. The maximum absolute atomic E-state index is 6.78. The van der Waals surface area contributed by atoms with E-state index >= 15 is 0 Å². The maximum atomic E-state index is 6.78. The summed E-state index contributed by atoms with van der Waals surface area (Å²) in [6.45, 7) is 1.79. The highest BCUT2D eigenvalue weighted by Crippen LogP contribution is 2.53. The molecule has 2 aliphatic heterocycles. The molecule has 0 radical (unpaired) electrons. The van der Waals surface area contributed by atoms with Crippen molar-refractivity contribution in [2.24, 2.45) is 0 Å². The average molecular weight is 546 g/mol. The first kappa shape index (κ1) is 22.9. The summed E-state index contributed by atoms with van der Waals surface area (Å²) in [5.74, 6) is -0.542. The van der Waals surface area contributed by atoms with E-state index in [1.54, 1.807) is 0 Å². The Kier molecular flexibility index (Phi) is 6.70. The van der Waals surface area contributed by atoms with Crippen LogP contribution in [0.4, 0.5) is 0 Å². The van der Waals surface area contributed by atoms with E-state index < -0.39 is 11.4 Å². The van der Waals surface area contributed by atoms with Gasteiger partial charge < -0.3 is 18.9 Å². The van der Waals surface area contributed by atoms with Crippen molar-refractivity contribution < 1.29 is 18.9 Å². The molecule has 5 rings (SSSR count). The zero-order chi connectivity index (χ0) is 22.2. The van der Waals surface area contributed by atoms with E-state index in [1.807, 2.05) is 23.3 Å². The van der Waals surface area contributed by atoms with Crippen molar-refractivity contribution in [2.45, 2.75) is 67.7 Å². The van der Waals surface area contributed by atoms with Crippen LogP contribution < -0.4 is 4.74 Å². The lowest BCUT2D eigenvalue weighted by atomic mass is 9.75. The van der Waals surface area contributed by atoms with Crippen molar-refractivity contribution in [3.05, 3.63) is 27.6 Å². The first-order valence-corrected chi connectivity index (χ1v) is 13.4. The van der Waals surface area contributed by atoms with Gasteiger partial charge in [-0.15, -0.1) is 0 Å². The van der Waals surface area contributed by atoms with Gasteiger partial charge >= 0.3 is 0 Å². The number of ether oxygens (including phenoxy) is 4. The number of hydrogen-bond donors (Lipinski definition) is 0. The summed E-state index contributed by atoms with van der Waals surface area (Å²) < 4.78 is 27.7. The van der Waals surface area contributed by atoms with Gasteiger partial charge in [-0.3, -0.25) is 0 Å². The molecule has 8 nitrogen and oxygen atoms in total.